The van der Waals surface area contributed by atoms with Gasteiger partial charge in [-0.15, -0.1) is 10.2 Å². The molecule has 0 bridgehead atoms. The SMILES string of the molecule is CCNc1ccc(C(=O)NCC2(C(C)C)CC2)nn1. The molecule has 2 rings (SSSR count). The van der Waals surface area contributed by atoms with Gasteiger partial charge < -0.3 is 10.6 Å². The average molecular weight is 262 g/mol. The lowest BCUT2D eigenvalue weighted by molar-refractivity contribution is 0.0934. The normalized spacial score (nSPS) is 16.2. The number of rotatable bonds is 6. The van der Waals surface area contributed by atoms with Crippen LogP contribution in [0.15, 0.2) is 12.1 Å². The van der Waals surface area contributed by atoms with Crippen molar-refractivity contribution in [1.82, 2.24) is 15.5 Å². The molecule has 2 N–H and O–H groups in total. The predicted molar refractivity (Wildman–Crippen MR) is 75.0 cm³/mol. The Kier molecular flexibility index (Phi) is 4.02. The van der Waals surface area contributed by atoms with Gasteiger partial charge in [0, 0.05) is 13.1 Å². The van der Waals surface area contributed by atoms with Crippen LogP contribution in [0.2, 0.25) is 0 Å². The van der Waals surface area contributed by atoms with E-state index in [9.17, 15) is 4.79 Å². The fourth-order valence-corrected chi connectivity index (χ4v) is 2.19. The zero-order chi connectivity index (χ0) is 13.9. The monoisotopic (exact) mass is 262 g/mol. The largest absolute Gasteiger partial charge is 0.369 e. The highest BCUT2D eigenvalue weighted by Crippen LogP contribution is 2.51. The van der Waals surface area contributed by atoms with E-state index in [1.165, 1.54) is 12.8 Å². The fourth-order valence-electron chi connectivity index (χ4n) is 2.19. The van der Waals surface area contributed by atoms with E-state index in [2.05, 4.69) is 34.7 Å². The zero-order valence-electron chi connectivity index (χ0n) is 11.9. The van der Waals surface area contributed by atoms with Crippen molar-refractivity contribution >= 4 is 11.7 Å². The van der Waals surface area contributed by atoms with Crippen LogP contribution >= 0.6 is 0 Å². The second-order valence-corrected chi connectivity index (χ2v) is 5.53. The Morgan fingerprint density at radius 1 is 1.37 bits per heavy atom. The Morgan fingerprint density at radius 3 is 2.58 bits per heavy atom. The third-order valence-electron chi connectivity index (χ3n) is 3.97. The van der Waals surface area contributed by atoms with Crippen molar-refractivity contribution in [2.45, 2.75) is 33.6 Å². The fraction of sp³-hybridized carbons (Fsp3) is 0.643. The zero-order valence-corrected chi connectivity index (χ0v) is 11.9. The van der Waals surface area contributed by atoms with Crippen molar-refractivity contribution in [2.75, 3.05) is 18.4 Å². The summed E-state index contributed by atoms with van der Waals surface area (Å²) in [7, 11) is 0. The highest BCUT2D eigenvalue weighted by Gasteiger charge is 2.45. The number of anilines is 1. The van der Waals surface area contributed by atoms with Crippen LogP contribution in [-0.2, 0) is 0 Å². The second kappa shape index (κ2) is 5.55. The van der Waals surface area contributed by atoms with Crippen LogP contribution in [0.5, 0.6) is 0 Å². The molecule has 1 aliphatic carbocycles. The molecule has 0 aliphatic heterocycles. The molecule has 104 valence electrons. The van der Waals surface area contributed by atoms with Crippen molar-refractivity contribution in [2.24, 2.45) is 11.3 Å². The number of carbonyl (C=O) groups is 1. The lowest BCUT2D eigenvalue weighted by Gasteiger charge is -2.19. The second-order valence-electron chi connectivity index (χ2n) is 5.53. The average Bonchev–Trinajstić information content (AvgIpc) is 3.18. The Labute approximate surface area is 114 Å². The van der Waals surface area contributed by atoms with Crippen molar-refractivity contribution in [3.63, 3.8) is 0 Å². The van der Waals surface area contributed by atoms with Gasteiger partial charge in [-0.05, 0) is 43.2 Å². The molecule has 1 aliphatic rings. The topological polar surface area (TPSA) is 66.9 Å². The van der Waals surface area contributed by atoms with Gasteiger partial charge >= 0.3 is 0 Å². The van der Waals surface area contributed by atoms with Gasteiger partial charge in [-0.1, -0.05) is 13.8 Å². The molecule has 5 nitrogen and oxygen atoms in total. The van der Waals surface area contributed by atoms with E-state index in [0.29, 0.717) is 22.8 Å². The van der Waals surface area contributed by atoms with E-state index in [-0.39, 0.29) is 5.91 Å². The third kappa shape index (κ3) is 3.22. The quantitative estimate of drug-likeness (QED) is 0.823. The van der Waals surface area contributed by atoms with Crippen LogP contribution in [0.4, 0.5) is 5.82 Å². The maximum Gasteiger partial charge on any atom is 0.271 e. The number of nitrogens with one attached hydrogen (secondary N) is 2. The van der Waals surface area contributed by atoms with Crippen LogP contribution in [0, 0.1) is 11.3 Å². The van der Waals surface area contributed by atoms with Crippen molar-refractivity contribution in [3.8, 4) is 0 Å². The Morgan fingerprint density at radius 2 is 2.11 bits per heavy atom. The molecule has 1 saturated carbocycles. The number of aromatic nitrogens is 2. The summed E-state index contributed by atoms with van der Waals surface area (Å²) in [4.78, 5) is 12.0. The smallest absolute Gasteiger partial charge is 0.271 e. The van der Waals surface area contributed by atoms with E-state index < -0.39 is 0 Å². The first-order chi connectivity index (χ1) is 9.07. The summed E-state index contributed by atoms with van der Waals surface area (Å²) < 4.78 is 0. The van der Waals surface area contributed by atoms with Gasteiger partial charge in [0.05, 0.1) is 0 Å². The van der Waals surface area contributed by atoms with Gasteiger partial charge in [-0.3, -0.25) is 4.79 Å². The number of amides is 1. The van der Waals surface area contributed by atoms with Gasteiger partial charge in [-0.2, -0.15) is 0 Å². The molecule has 0 radical (unpaired) electrons. The highest BCUT2D eigenvalue weighted by atomic mass is 16.1. The summed E-state index contributed by atoms with van der Waals surface area (Å²) >= 11 is 0. The predicted octanol–water partition coefficient (Wildman–Crippen LogP) is 2.07. The molecule has 19 heavy (non-hydrogen) atoms. The summed E-state index contributed by atoms with van der Waals surface area (Å²) in [6.07, 6.45) is 2.41. The molecule has 0 saturated heterocycles. The molecule has 0 spiro atoms. The lowest BCUT2D eigenvalue weighted by Crippen LogP contribution is -2.33. The van der Waals surface area contributed by atoms with Gasteiger partial charge in [0.15, 0.2) is 5.69 Å². The number of hydrogen-bond acceptors (Lipinski definition) is 4. The van der Waals surface area contributed by atoms with Crippen LogP contribution in [-0.4, -0.2) is 29.2 Å². The minimum Gasteiger partial charge on any atom is -0.369 e. The first kappa shape index (κ1) is 13.8. The van der Waals surface area contributed by atoms with Crippen LogP contribution < -0.4 is 10.6 Å². The highest BCUT2D eigenvalue weighted by molar-refractivity contribution is 5.92. The Balaban J connectivity index is 1.89. The van der Waals surface area contributed by atoms with E-state index in [4.69, 9.17) is 0 Å². The summed E-state index contributed by atoms with van der Waals surface area (Å²) in [6.45, 7) is 7.94. The van der Waals surface area contributed by atoms with Crippen LogP contribution in [0.25, 0.3) is 0 Å². The molecule has 1 aromatic rings. The van der Waals surface area contributed by atoms with Gasteiger partial charge in [-0.25, -0.2) is 0 Å². The molecular weight excluding hydrogens is 240 g/mol. The lowest BCUT2D eigenvalue weighted by atomic mass is 9.92. The minimum absolute atomic E-state index is 0.137. The summed E-state index contributed by atoms with van der Waals surface area (Å²) in [5.41, 5.74) is 0.688. The molecule has 1 fully saturated rings. The standard InChI is InChI=1S/C14H22N4O/c1-4-15-12-6-5-11(17-18-12)13(19)16-9-14(7-8-14)10(2)3/h5-6,10H,4,7-9H2,1-3H3,(H,15,18)(H,16,19). The summed E-state index contributed by atoms with van der Waals surface area (Å²) in [6, 6.07) is 3.48. The molecule has 0 aromatic carbocycles. The maximum atomic E-state index is 12.0. The summed E-state index contributed by atoms with van der Waals surface area (Å²) in [5.74, 6) is 1.16. The first-order valence-corrected chi connectivity index (χ1v) is 6.93. The Bertz CT molecular complexity index is 437. The van der Waals surface area contributed by atoms with Gasteiger partial charge in [0.2, 0.25) is 0 Å². The molecule has 1 amide bonds. The summed E-state index contributed by atoms with van der Waals surface area (Å²) in [5, 5.41) is 13.9. The van der Waals surface area contributed by atoms with Gasteiger partial charge in [0.25, 0.3) is 5.91 Å². The molecule has 0 atom stereocenters. The number of carbonyl (C=O) groups excluding carboxylic acids is 1. The molecular formula is C14H22N4O. The molecule has 5 heteroatoms. The van der Waals surface area contributed by atoms with E-state index in [0.717, 1.165) is 13.1 Å². The molecule has 0 unspecified atom stereocenters. The number of nitrogens with zero attached hydrogens (tertiary/aromatic N) is 2. The van der Waals surface area contributed by atoms with E-state index in [1.807, 2.05) is 6.92 Å². The van der Waals surface area contributed by atoms with E-state index in [1.54, 1.807) is 12.1 Å². The minimum atomic E-state index is -0.137. The number of hydrogen-bond donors (Lipinski definition) is 2. The van der Waals surface area contributed by atoms with Crippen LogP contribution in [0.1, 0.15) is 44.1 Å². The Hall–Kier alpha value is -1.65. The molecule has 1 heterocycles. The van der Waals surface area contributed by atoms with Crippen molar-refractivity contribution in [1.29, 1.82) is 0 Å². The maximum absolute atomic E-state index is 12.0. The van der Waals surface area contributed by atoms with Crippen molar-refractivity contribution < 1.29 is 4.79 Å². The molecule has 1 aromatic heterocycles. The van der Waals surface area contributed by atoms with Crippen molar-refractivity contribution in [3.05, 3.63) is 17.8 Å². The van der Waals surface area contributed by atoms with Gasteiger partial charge in [0.1, 0.15) is 5.82 Å². The third-order valence-corrected chi connectivity index (χ3v) is 3.97. The van der Waals surface area contributed by atoms with E-state index >= 15 is 0 Å². The first-order valence-electron chi connectivity index (χ1n) is 6.93. The van der Waals surface area contributed by atoms with Crippen LogP contribution in [0.3, 0.4) is 0 Å².